The summed E-state index contributed by atoms with van der Waals surface area (Å²) < 4.78 is 17.3. The molecule has 3 heterocycles. The SMILES string of the molecule is Cn1cc(-c2noc(CNC(=O)Cc3ccc4c(c3)OCO4)n2)cn1. The Morgan fingerprint density at radius 3 is 3.04 bits per heavy atom. The predicted molar refractivity (Wildman–Crippen MR) is 84.6 cm³/mol. The zero-order valence-electron chi connectivity index (χ0n) is 13.4. The van der Waals surface area contributed by atoms with Crippen molar-refractivity contribution in [3.63, 3.8) is 0 Å². The average molecular weight is 341 g/mol. The van der Waals surface area contributed by atoms with E-state index in [1.54, 1.807) is 36.3 Å². The highest BCUT2D eigenvalue weighted by atomic mass is 16.7. The molecule has 0 unspecified atom stereocenters. The number of aryl methyl sites for hydroxylation is 1. The van der Waals surface area contributed by atoms with Gasteiger partial charge in [0, 0.05) is 13.2 Å². The number of rotatable bonds is 5. The molecule has 0 fully saturated rings. The van der Waals surface area contributed by atoms with E-state index in [4.69, 9.17) is 14.0 Å². The first-order chi connectivity index (χ1) is 12.2. The number of nitrogens with one attached hydrogen (secondary N) is 1. The molecule has 4 rings (SSSR count). The lowest BCUT2D eigenvalue weighted by atomic mass is 10.1. The largest absolute Gasteiger partial charge is 0.454 e. The van der Waals surface area contributed by atoms with Gasteiger partial charge in [-0.1, -0.05) is 11.2 Å². The van der Waals surface area contributed by atoms with E-state index in [0.29, 0.717) is 23.2 Å². The van der Waals surface area contributed by atoms with Gasteiger partial charge in [0.05, 0.1) is 24.7 Å². The van der Waals surface area contributed by atoms with Gasteiger partial charge in [0.15, 0.2) is 11.5 Å². The summed E-state index contributed by atoms with van der Waals surface area (Å²) in [5, 5.41) is 10.7. The standard InChI is InChI=1S/C16H15N5O4/c1-21-8-11(6-18-21)16-19-15(25-20-16)7-17-14(22)5-10-2-3-12-13(4-10)24-9-23-12/h2-4,6,8H,5,7,9H2,1H3,(H,17,22). The topological polar surface area (TPSA) is 104 Å². The van der Waals surface area contributed by atoms with Crippen LogP contribution in [0.25, 0.3) is 11.4 Å². The molecular weight excluding hydrogens is 326 g/mol. The van der Waals surface area contributed by atoms with Crippen LogP contribution in [0.1, 0.15) is 11.5 Å². The zero-order valence-corrected chi connectivity index (χ0v) is 13.4. The fraction of sp³-hybridized carbons (Fsp3) is 0.250. The molecule has 0 radical (unpaired) electrons. The van der Waals surface area contributed by atoms with E-state index in [0.717, 1.165) is 11.1 Å². The summed E-state index contributed by atoms with van der Waals surface area (Å²) in [5.41, 5.74) is 1.59. The third kappa shape index (κ3) is 3.30. The fourth-order valence-corrected chi connectivity index (χ4v) is 2.45. The van der Waals surface area contributed by atoms with Crippen LogP contribution in [-0.2, 0) is 24.8 Å². The van der Waals surface area contributed by atoms with E-state index in [1.807, 2.05) is 6.07 Å². The normalized spacial score (nSPS) is 12.4. The van der Waals surface area contributed by atoms with Crippen molar-refractivity contribution in [3.8, 4) is 22.9 Å². The highest BCUT2D eigenvalue weighted by Gasteiger charge is 2.15. The molecule has 9 nitrogen and oxygen atoms in total. The maximum Gasteiger partial charge on any atom is 0.246 e. The summed E-state index contributed by atoms with van der Waals surface area (Å²) in [6.07, 6.45) is 3.65. The molecule has 0 spiro atoms. The quantitative estimate of drug-likeness (QED) is 0.740. The second-order valence-electron chi connectivity index (χ2n) is 5.56. The van der Waals surface area contributed by atoms with Crippen molar-refractivity contribution in [2.75, 3.05) is 6.79 Å². The molecule has 0 saturated carbocycles. The van der Waals surface area contributed by atoms with Crippen molar-refractivity contribution in [2.24, 2.45) is 7.05 Å². The average Bonchev–Trinajstić information content (AvgIpc) is 3.32. The highest BCUT2D eigenvalue weighted by Crippen LogP contribution is 2.32. The Kier molecular flexibility index (Phi) is 3.81. The van der Waals surface area contributed by atoms with Crippen LogP contribution in [0.5, 0.6) is 11.5 Å². The first-order valence-corrected chi connectivity index (χ1v) is 7.64. The van der Waals surface area contributed by atoms with Crippen molar-refractivity contribution in [1.29, 1.82) is 0 Å². The van der Waals surface area contributed by atoms with E-state index in [9.17, 15) is 4.79 Å². The fourth-order valence-electron chi connectivity index (χ4n) is 2.45. The number of carbonyl (C=O) groups excluding carboxylic acids is 1. The van der Waals surface area contributed by atoms with Gasteiger partial charge in [-0.15, -0.1) is 0 Å². The zero-order chi connectivity index (χ0) is 17.2. The third-order valence-corrected chi connectivity index (χ3v) is 3.67. The number of carbonyl (C=O) groups is 1. The van der Waals surface area contributed by atoms with Crippen LogP contribution < -0.4 is 14.8 Å². The van der Waals surface area contributed by atoms with Crippen molar-refractivity contribution in [1.82, 2.24) is 25.2 Å². The molecule has 9 heteroatoms. The first-order valence-electron chi connectivity index (χ1n) is 7.64. The molecule has 1 aromatic carbocycles. The summed E-state index contributed by atoms with van der Waals surface area (Å²) in [6, 6.07) is 5.43. The Balaban J connectivity index is 1.34. The highest BCUT2D eigenvalue weighted by molar-refractivity contribution is 5.78. The third-order valence-electron chi connectivity index (χ3n) is 3.67. The maximum atomic E-state index is 12.1. The van der Waals surface area contributed by atoms with Crippen molar-refractivity contribution < 1.29 is 18.8 Å². The van der Waals surface area contributed by atoms with Gasteiger partial charge < -0.3 is 19.3 Å². The van der Waals surface area contributed by atoms with Gasteiger partial charge in [0.1, 0.15) is 0 Å². The number of hydrogen-bond acceptors (Lipinski definition) is 7. The second-order valence-corrected chi connectivity index (χ2v) is 5.56. The number of fused-ring (bicyclic) bond motifs is 1. The molecular formula is C16H15N5O4. The maximum absolute atomic E-state index is 12.1. The van der Waals surface area contributed by atoms with Crippen LogP contribution in [0.15, 0.2) is 35.1 Å². The van der Waals surface area contributed by atoms with Crippen molar-refractivity contribution in [2.45, 2.75) is 13.0 Å². The van der Waals surface area contributed by atoms with E-state index in [2.05, 4.69) is 20.6 Å². The number of nitrogens with zero attached hydrogens (tertiary/aromatic N) is 4. The number of amides is 1. The van der Waals surface area contributed by atoms with Gasteiger partial charge in [0.25, 0.3) is 0 Å². The second kappa shape index (κ2) is 6.27. The first kappa shape index (κ1) is 15.2. The van der Waals surface area contributed by atoms with Crippen LogP contribution in [0.2, 0.25) is 0 Å². The summed E-state index contributed by atoms with van der Waals surface area (Å²) in [4.78, 5) is 16.3. The van der Waals surface area contributed by atoms with Crippen LogP contribution in [-0.4, -0.2) is 32.6 Å². The molecule has 1 aliphatic heterocycles. The predicted octanol–water partition coefficient (Wildman–Crippen LogP) is 1.06. The van der Waals surface area contributed by atoms with E-state index < -0.39 is 0 Å². The summed E-state index contributed by atoms with van der Waals surface area (Å²) in [5.74, 6) is 1.97. The summed E-state index contributed by atoms with van der Waals surface area (Å²) >= 11 is 0. The monoisotopic (exact) mass is 341 g/mol. The van der Waals surface area contributed by atoms with E-state index >= 15 is 0 Å². The Morgan fingerprint density at radius 2 is 2.20 bits per heavy atom. The Bertz CT molecular complexity index is 917. The Hall–Kier alpha value is -3.36. The van der Waals surface area contributed by atoms with Crippen LogP contribution >= 0.6 is 0 Å². The minimum absolute atomic E-state index is 0.153. The van der Waals surface area contributed by atoms with Gasteiger partial charge >= 0.3 is 0 Å². The van der Waals surface area contributed by atoms with Crippen molar-refractivity contribution >= 4 is 5.91 Å². The molecule has 25 heavy (non-hydrogen) atoms. The molecule has 0 aliphatic carbocycles. The van der Waals surface area contributed by atoms with E-state index in [-0.39, 0.29) is 25.7 Å². The lowest BCUT2D eigenvalue weighted by Crippen LogP contribution is -2.24. The molecule has 1 aliphatic rings. The van der Waals surface area contributed by atoms with Crippen LogP contribution in [0, 0.1) is 0 Å². The molecule has 128 valence electrons. The van der Waals surface area contributed by atoms with E-state index in [1.165, 1.54) is 0 Å². The van der Waals surface area contributed by atoms with Gasteiger partial charge in [-0.3, -0.25) is 9.48 Å². The molecule has 1 amide bonds. The van der Waals surface area contributed by atoms with Crippen molar-refractivity contribution in [3.05, 3.63) is 42.0 Å². The summed E-state index contributed by atoms with van der Waals surface area (Å²) in [7, 11) is 1.81. The number of benzene rings is 1. The minimum atomic E-state index is -0.153. The Labute approximate surface area is 142 Å². The molecule has 3 aromatic rings. The van der Waals surface area contributed by atoms with Gasteiger partial charge in [-0.05, 0) is 17.7 Å². The molecule has 2 aromatic heterocycles. The smallest absolute Gasteiger partial charge is 0.246 e. The molecule has 0 saturated heterocycles. The molecule has 1 N–H and O–H groups in total. The van der Waals surface area contributed by atoms with Crippen LogP contribution in [0.3, 0.4) is 0 Å². The lowest BCUT2D eigenvalue weighted by molar-refractivity contribution is -0.120. The summed E-state index contributed by atoms with van der Waals surface area (Å²) in [6.45, 7) is 0.373. The lowest BCUT2D eigenvalue weighted by Gasteiger charge is -2.04. The van der Waals surface area contributed by atoms with Gasteiger partial charge in [-0.2, -0.15) is 10.1 Å². The molecule has 0 bridgehead atoms. The number of ether oxygens (including phenoxy) is 2. The molecule has 0 atom stereocenters. The van der Waals surface area contributed by atoms with Crippen LogP contribution in [0.4, 0.5) is 0 Å². The van der Waals surface area contributed by atoms with Gasteiger partial charge in [-0.25, -0.2) is 0 Å². The number of hydrogen-bond donors (Lipinski definition) is 1. The minimum Gasteiger partial charge on any atom is -0.454 e. The number of aromatic nitrogens is 4. The van der Waals surface area contributed by atoms with Gasteiger partial charge in [0.2, 0.25) is 24.4 Å². The Morgan fingerprint density at radius 1 is 1.32 bits per heavy atom.